The molecule has 8 heteroatoms. The summed E-state index contributed by atoms with van der Waals surface area (Å²) in [6.07, 6.45) is 1.60. The molecule has 0 fully saturated rings. The number of hydrogen-bond donors (Lipinski definition) is 2. The highest BCUT2D eigenvalue weighted by atomic mass is 16.2. The SMILES string of the molecule is Cc1cccc(NC(=O)c2ccccc2NC(=O)c2nc3nccc(C)n3n2)c1. The zero-order valence-corrected chi connectivity index (χ0v) is 15.9. The summed E-state index contributed by atoms with van der Waals surface area (Å²) in [6.45, 7) is 3.79. The van der Waals surface area contributed by atoms with Gasteiger partial charge in [0.05, 0.1) is 11.3 Å². The molecule has 2 amide bonds. The summed E-state index contributed by atoms with van der Waals surface area (Å²) < 4.78 is 1.49. The second-order valence-electron chi connectivity index (χ2n) is 6.56. The number of nitrogens with one attached hydrogen (secondary N) is 2. The third-order valence-corrected chi connectivity index (χ3v) is 4.33. The van der Waals surface area contributed by atoms with E-state index < -0.39 is 5.91 Å². The van der Waals surface area contributed by atoms with Crippen LogP contribution in [0.3, 0.4) is 0 Å². The van der Waals surface area contributed by atoms with Gasteiger partial charge in [-0.2, -0.15) is 4.98 Å². The Labute approximate surface area is 166 Å². The van der Waals surface area contributed by atoms with Crippen molar-refractivity contribution >= 4 is 29.0 Å². The number of aryl methyl sites for hydroxylation is 2. The molecule has 29 heavy (non-hydrogen) atoms. The molecule has 2 heterocycles. The molecule has 0 radical (unpaired) electrons. The zero-order chi connectivity index (χ0) is 20.4. The predicted molar refractivity (Wildman–Crippen MR) is 109 cm³/mol. The molecular formula is C21H18N6O2. The maximum Gasteiger partial charge on any atom is 0.295 e. The number of hydrogen-bond acceptors (Lipinski definition) is 5. The molecule has 0 spiro atoms. The molecule has 144 valence electrons. The zero-order valence-electron chi connectivity index (χ0n) is 15.9. The van der Waals surface area contributed by atoms with Gasteiger partial charge in [0.15, 0.2) is 0 Å². The molecule has 0 saturated carbocycles. The van der Waals surface area contributed by atoms with E-state index >= 15 is 0 Å². The Morgan fingerprint density at radius 3 is 2.55 bits per heavy atom. The molecule has 2 aromatic heterocycles. The first-order valence-corrected chi connectivity index (χ1v) is 8.98. The number of aromatic nitrogens is 4. The van der Waals surface area contributed by atoms with Gasteiger partial charge in [-0.1, -0.05) is 24.3 Å². The Hall–Kier alpha value is -4.07. The fourth-order valence-corrected chi connectivity index (χ4v) is 2.89. The van der Waals surface area contributed by atoms with Crippen LogP contribution in [-0.4, -0.2) is 31.4 Å². The minimum absolute atomic E-state index is 0.0271. The molecule has 4 rings (SSSR count). The van der Waals surface area contributed by atoms with Crippen molar-refractivity contribution in [3.05, 3.63) is 83.4 Å². The second kappa shape index (κ2) is 7.51. The first-order chi connectivity index (χ1) is 14.0. The van der Waals surface area contributed by atoms with Gasteiger partial charge in [-0.05, 0) is 49.7 Å². The molecule has 0 aliphatic carbocycles. The lowest BCUT2D eigenvalue weighted by atomic mass is 10.1. The largest absolute Gasteiger partial charge is 0.322 e. The lowest BCUT2D eigenvalue weighted by Gasteiger charge is -2.11. The molecule has 0 saturated heterocycles. The maximum absolute atomic E-state index is 12.7. The van der Waals surface area contributed by atoms with Crippen molar-refractivity contribution in [2.45, 2.75) is 13.8 Å². The number of amides is 2. The maximum atomic E-state index is 12.7. The van der Waals surface area contributed by atoms with Gasteiger partial charge in [0.2, 0.25) is 5.82 Å². The Morgan fingerprint density at radius 2 is 1.76 bits per heavy atom. The van der Waals surface area contributed by atoms with Gasteiger partial charge >= 0.3 is 0 Å². The first kappa shape index (κ1) is 18.3. The third-order valence-electron chi connectivity index (χ3n) is 4.33. The first-order valence-electron chi connectivity index (χ1n) is 8.98. The number of carbonyl (C=O) groups is 2. The van der Waals surface area contributed by atoms with Crippen LogP contribution in [0.4, 0.5) is 11.4 Å². The van der Waals surface area contributed by atoms with Crippen molar-refractivity contribution in [3.8, 4) is 0 Å². The topological polar surface area (TPSA) is 101 Å². The van der Waals surface area contributed by atoms with E-state index in [1.165, 1.54) is 4.52 Å². The molecule has 4 aromatic rings. The van der Waals surface area contributed by atoms with E-state index in [1.54, 1.807) is 36.5 Å². The van der Waals surface area contributed by atoms with Crippen LogP contribution >= 0.6 is 0 Å². The summed E-state index contributed by atoms with van der Waals surface area (Å²) in [6, 6.07) is 16.0. The summed E-state index contributed by atoms with van der Waals surface area (Å²) in [4.78, 5) is 33.7. The van der Waals surface area contributed by atoms with E-state index in [-0.39, 0.29) is 11.7 Å². The van der Waals surface area contributed by atoms with Crippen molar-refractivity contribution in [3.63, 3.8) is 0 Å². The predicted octanol–water partition coefficient (Wildman–Crippen LogP) is 3.25. The lowest BCUT2D eigenvalue weighted by molar-refractivity contribution is 0.101. The summed E-state index contributed by atoms with van der Waals surface area (Å²) in [7, 11) is 0. The van der Waals surface area contributed by atoms with Crippen LogP contribution in [0.15, 0.2) is 60.8 Å². The Bertz CT molecular complexity index is 1230. The van der Waals surface area contributed by atoms with Crippen LogP contribution in [0.5, 0.6) is 0 Å². The minimum atomic E-state index is -0.522. The van der Waals surface area contributed by atoms with Gasteiger partial charge in [0.25, 0.3) is 17.6 Å². The molecule has 0 aliphatic rings. The van der Waals surface area contributed by atoms with Crippen LogP contribution in [0.25, 0.3) is 5.78 Å². The van der Waals surface area contributed by atoms with Crippen molar-refractivity contribution in [1.82, 2.24) is 19.6 Å². The van der Waals surface area contributed by atoms with Crippen molar-refractivity contribution in [2.75, 3.05) is 10.6 Å². The Balaban J connectivity index is 1.58. The molecular weight excluding hydrogens is 368 g/mol. The Kier molecular flexibility index (Phi) is 4.74. The van der Waals surface area contributed by atoms with Gasteiger partial charge in [-0.15, -0.1) is 5.10 Å². The fourth-order valence-electron chi connectivity index (χ4n) is 2.89. The number of nitrogens with zero attached hydrogens (tertiary/aromatic N) is 4. The van der Waals surface area contributed by atoms with Crippen molar-refractivity contribution in [2.24, 2.45) is 0 Å². The second-order valence-corrected chi connectivity index (χ2v) is 6.56. The minimum Gasteiger partial charge on any atom is -0.322 e. The molecule has 0 unspecified atom stereocenters. The van der Waals surface area contributed by atoms with E-state index in [9.17, 15) is 9.59 Å². The molecule has 8 nitrogen and oxygen atoms in total. The molecule has 0 aliphatic heterocycles. The molecule has 2 N–H and O–H groups in total. The normalized spacial score (nSPS) is 10.7. The van der Waals surface area contributed by atoms with Crippen LogP contribution in [-0.2, 0) is 0 Å². The number of para-hydroxylation sites is 1. The lowest BCUT2D eigenvalue weighted by Crippen LogP contribution is -2.19. The van der Waals surface area contributed by atoms with E-state index in [1.807, 2.05) is 38.1 Å². The van der Waals surface area contributed by atoms with Crippen molar-refractivity contribution in [1.29, 1.82) is 0 Å². The van der Waals surface area contributed by atoms with Gasteiger partial charge in [-0.3, -0.25) is 9.59 Å². The highest BCUT2D eigenvalue weighted by Gasteiger charge is 2.18. The summed E-state index contributed by atoms with van der Waals surface area (Å²) in [5, 5.41) is 9.76. The number of anilines is 2. The van der Waals surface area contributed by atoms with Crippen molar-refractivity contribution < 1.29 is 9.59 Å². The van der Waals surface area contributed by atoms with Gasteiger partial charge in [0, 0.05) is 17.6 Å². The average Bonchev–Trinajstić information content (AvgIpc) is 3.14. The number of rotatable bonds is 4. The average molecular weight is 386 g/mol. The molecule has 0 atom stereocenters. The quantitative estimate of drug-likeness (QED) is 0.561. The standard InChI is InChI=1S/C21H18N6O2/c1-13-6-5-7-15(12-13)23-19(28)16-8-3-4-9-17(16)24-20(29)18-25-21-22-11-10-14(2)27(21)26-18/h3-12H,1-2H3,(H,23,28)(H,24,29). The van der Waals surface area contributed by atoms with E-state index in [0.717, 1.165) is 11.3 Å². The van der Waals surface area contributed by atoms with Gasteiger partial charge in [-0.25, -0.2) is 9.50 Å². The van der Waals surface area contributed by atoms with Gasteiger partial charge < -0.3 is 10.6 Å². The summed E-state index contributed by atoms with van der Waals surface area (Å²) in [5.74, 6) is -0.543. The van der Waals surface area contributed by atoms with Crippen LogP contribution in [0, 0.1) is 13.8 Å². The smallest absolute Gasteiger partial charge is 0.295 e. The number of fused-ring (bicyclic) bond motifs is 1. The summed E-state index contributed by atoms with van der Waals surface area (Å²) in [5.41, 5.74) is 3.22. The molecule has 0 bridgehead atoms. The fraction of sp³-hybridized carbons (Fsp3) is 0.0952. The Morgan fingerprint density at radius 1 is 0.931 bits per heavy atom. The van der Waals surface area contributed by atoms with E-state index in [4.69, 9.17) is 0 Å². The van der Waals surface area contributed by atoms with Crippen LogP contribution in [0.1, 0.15) is 32.2 Å². The highest BCUT2D eigenvalue weighted by molar-refractivity contribution is 6.11. The van der Waals surface area contributed by atoms with Crippen LogP contribution < -0.4 is 10.6 Å². The third kappa shape index (κ3) is 3.81. The summed E-state index contributed by atoms with van der Waals surface area (Å²) >= 11 is 0. The number of carbonyl (C=O) groups excluding carboxylic acids is 2. The van der Waals surface area contributed by atoms with Crippen LogP contribution in [0.2, 0.25) is 0 Å². The van der Waals surface area contributed by atoms with E-state index in [0.29, 0.717) is 22.7 Å². The van der Waals surface area contributed by atoms with E-state index in [2.05, 4.69) is 25.7 Å². The number of benzene rings is 2. The van der Waals surface area contributed by atoms with Gasteiger partial charge in [0.1, 0.15) is 0 Å². The monoisotopic (exact) mass is 386 g/mol. The molecule has 2 aromatic carbocycles. The highest BCUT2D eigenvalue weighted by Crippen LogP contribution is 2.19.